The fraction of sp³-hybridized carbons (Fsp3) is 0.176. The van der Waals surface area contributed by atoms with Crippen molar-refractivity contribution in [3.63, 3.8) is 0 Å². The molecule has 0 aliphatic carbocycles. The van der Waals surface area contributed by atoms with Gasteiger partial charge in [0.05, 0.1) is 5.52 Å². The van der Waals surface area contributed by atoms with Gasteiger partial charge in [-0.15, -0.1) is 0 Å². The summed E-state index contributed by atoms with van der Waals surface area (Å²) < 4.78 is 7.62. The van der Waals surface area contributed by atoms with Gasteiger partial charge in [0.1, 0.15) is 0 Å². The van der Waals surface area contributed by atoms with Gasteiger partial charge in [0.25, 0.3) is 0 Å². The number of hydrogen-bond acceptors (Lipinski definition) is 3. The van der Waals surface area contributed by atoms with E-state index in [1.54, 1.807) is 18.2 Å². The first-order valence-corrected chi connectivity index (χ1v) is 7.98. The third-order valence-electron chi connectivity index (χ3n) is 3.58. The Labute approximate surface area is 141 Å². The predicted octanol–water partition coefficient (Wildman–Crippen LogP) is 3.69. The van der Waals surface area contributed by atoms with Crippen molar-refractivity contribution in [2.75, 3.05) is 5.32 Å². The molecule has 118 valence electrons. The highest BCUT2D eigenvalue weighted by Crippen LogP contribution is 2.20. The Morgan fingerprint density at radius 1 is 1.26 bits per heavy atom. The van der Waals surface area contributed by atoms with E-state index in [1.807, 2.05) is 31.2 Å². The zero-order valence-electron chi connectivity index (χ0n) is 12.5. The number of aromatic nitrogens is 1. The van der Waals surface area contributed by atoms with Crippen LogP contribution in [-0.4, -0.2) is 10.5 Å². The van der Waals surface area contributed by atoms with Crippen LogP contribution in [-0.2, 0) is 11.3 Å². The van der Waals surface area contributed by atoms with E-state index in [2.05, 4.69) is 21.2 Å². The molecule has 0 saturated carbocycles. The number of aryl methyl sites for hydroxylation is 2. The highest BCUT2D eigenvalue weighted by atomic mass is 79.9. The predicted molar refractivity (Wildman–Crippen MR) is 92.6 cm³/mol. The summed E-state index contributed by atoms with van der Waals surface area (Å²) >= 11 is 3.42. The van der Waals surface area contributed by atoms with Gasteiger partial charge in [-0.05, 0) is 42.8 Å². The molecule has 1 heterocycles. The second kappa shape index (κ2) is 6.42. The van der Waals surface area contributed by atoms with Crippen molar-refractivity contribution in [2.24, 2.45) is 0 Å². The Hall–Kier alpha value is -2.34. The number of para-hydroxylation sites is 2. The average Bonchev–Trinajstić information content (AvgIpc) is 2.84. The van der Waals surface area contributed by atoms with Gasteiger partial charge in [0, 0.05) is 23.1 Å². The summed E-state index contributed by atoms with van der Waals surface area (Å²) in [6.45, 7) is 2.23. The van der Waals surface area contributed by atoms with Crippen molar-refractivity contribution < 1.29 is 9.21 Å². The first-order valence-electron chi connectivity index (χ1n) is 7.19. The number of nitrogens with one attached hydrogen (secondary N) is 1. The third kappa shape index (κ3) is 3.37. The lowest BCUT2D eigenvalue weighted by Crippen LogP contribution is -2.19. The van der Waals surface area contributed by atoms with Crippen LogP contribution in [0.2, 0.25) is 0 Å². The largest absolute Gasteiger partial charge is 0.419 e. The van der Waals surface area contributed by atoms with Gasteiger partial charge >= 0.3 is 5.76 Å². The number of carbonyl (C=O) groups is 1. The average molecular weight is 375 g/mol. The van der Waals surface area contributed by atoms with Crippen molar-refractivity contribution in [2.45, 2.75) is 19.9 Å². The van der Waals surface area contributed by atoms with Crippen LogP contribution in [0.4, 0.5) is 5.69 Å². The number of benzene rings is 2. The lowest BCUT2D eigenvalue weighted by molar-refractivity contribution is -0.116. The number of hydrogen-bond donors (Lipinski definition) is 1. The van der Waals surface area contributed by atoms with Crippen LogP contribution >= 0.6 is 15.9 Å². The molecule has 1 amide bonds. The molecule has 0 saturated heterocycles. The SMILES string of the molecule is Cc1cc(NC(=O)CCn2c(=O)oc3ccccc32)ccc1Br. The smallest absolute Gasteiger partial charge is 0.408 e. The number of oxazole rings is 1. The van der Waals surface area contributed by atoms with E-state index in [1.165, 1.54) is 4.57 Å². The first kappa shape index (κ1) is 15.6. The number of rotatable bonds is 4. The lowest BCUT2D eigenvalue weighted by Gasteiger charge is -2.07. The minimum atomic E-state index is -0.446. The maximum atomic E-state index is 12.1. The summed E-state index contributed by atoms with van der Waals surface area (Å²) in [4.78, 5) is 23.9. The fourth-order valence-electron chi connectivity index (χ4n) is 2.38. The van der Waals surface area contributed by atoms with Gasteiger partial charge in [-0.2, -0.15) is 0 Å². The highest BCUT2D eigenvalue weighted by Gasteiger charge is 2.10. The van der Waals surface area contributed by atoms with E-state index >= 15 is 0 Å². The maximum Gasteiger partial charge on any atom is 0.419 e. The summed E-state index contributed by atoms with van der Waals surface area (Å²) in [5, 5.41) is 2.83. The molecule has 0 fully saturated rings. The molecule has 6 heteroatoms. The number of nitrogens with zero attached hydrogens (tertiary/aromatic N) is 1. The van der Waals surface area contributed by atoms with E-state index in [4.69, 9.17) is 4.42 Å². The molecule has 0 spiro atoms. The van der Waals surface area contributed by atoms with Crippen molar-refractivity contribution in [3.8, 4) is 0 Å². The van der Waals surface area contributed by atoms with E-state index in [9.17, 15) is 9.59 Å². The van der Waals surface area contributed by atoms with Crippen LogP contribution in [0.1, 0.15) is 12.0 Å². The topological polar surface area (TPSA) is 64.2 Å². The number of amides is 1. The number of halogens is 1. The molecular weight excluding hydrogens is 360 g/mol. The summed E-state index contributed by atoms with van der Waals surface area (Å²) in [7, 11) is 0. The quantitative estimate of drug-likeness (QED) is 0.757. The number of anilines is 1. The molecule has 1 aromatic heterocycles. The molecule has 0 atom stereocenters. The lowest BCUT2D eigenvalue weighted by atomic mass is 10.2. The molecule has 0 unspecified atom stereocenters. The van der Waals surface area contributed by atoms with Gasteiger partial charge in [0.15, 0.2) is 5.58 Å². The Morgan fingerprint density at radius 2 is 2.04 bits per heavy atom. The van der Waals surface area contributed by atoms with Gasteiger partial charge < -0.3 is 9.73 Å². The van der Waals surface area contributed by atoms with Crippen LogP contribution in [0.3, 0.4) is 0 Å². The second-order valence-electron chi connectivity index (χ2n) is 5.25. The number of carbonyl (C=O) groups excluding carboxylic acids is 1. The van der Waals surface area contributed by atoms with Crippen molar-refractivity contribution in [1.82, 2.24) is 4.57 Å². The molecule has 0 aliphatic rings. The molecule has 2 aromatic carbocycles. The van der Waals surface area contributed by atoms with Gasteiger partial charge in [-0.25, -0.2) is 4.79 Å². The van der Waals surface area contributed by atoms with Crippen LogP contribution in [0.25, 0.3) is 11.1 Å². The third-order valence-corrected chi connectivity index (χ3v) is 4.47. The van der Waals surface area contributed by atoms with Crippen LogP contribution < -0.4 is 11.1 Å². The van der Waals surface area contributed by atoms with E-state index in [0.29, 0.717) is 11.1 Å². The number of fused-ring (bicyclic) bond motifs is 1. The zero-order chi connectivity index (χ0) is 16.4. The summed E-state index contributed by atoms with van der Waals surface area (Å²) in [5.74, 6) is -0.595. The van der Waals surface area contributed by atoms with Crippen LogP contribution in [0.5, 0.6) is 0 Å². The van der Waals surface area contributed by atoms with E-state index in [-0.39, 0.29) is 18.9 Å². The monoisotopic (exact) mass is 374 g/mol. The normalized spacial score (nSPS) is 10.9. The van der Waals surface area contributed by atoms with Crippen LogP contribution in [0, 0.1) is 6.92 Å². The Bertz CT molecular complexity index is 927. The van der Waals surface area contributed by atoms with Crippen LogP contribution in [0.15, 0.2) is 56.1 Å². The molecule has 0 aliphatic heterocycles. The molecule has 3 rings (SSSR count). The first-order chi connectivity index (χ1) is 11.0. The van der Waals surface area contributed by atoms with Gasteiger partial charge in [-0.3, -0.25) is 9.36 Å². The summed E-state index contributed by atoms with van der Waals surface area (Å²) in [6, 6.07) is 12.8. The Kier molecular flexibility index (Phi) is 4.34. The summed E-state index contributed by atoms with van der Waals surface area (Å²) in [6.07, 6.45) is 0.193. The molecule has 5 nitrogen and oxygen atoms in total. The maximum absolute atomic E-state index is 12.1. The highest BCUT2D eigenvalue weighted by molar-refractivity contribution is 9.10. The molecule has 23 heavy (non-hydrogen) atoms. The van der Waals surface area contributed by atoms with E-state index in [0.717, 1.165) is 15.7 Å². The minimum Gasteiger partial charge on any atom is -0.408 e. The molecule has 0 bridgehead atoms. The van der Waals surface area contributed by atoms with Gasteiger partial charge in [-0.1, -0.05) is 28.1 Å². The molecular formula is C17H15BrN2O3. The summed E-state index contributed by atoms with van der Waals surface area (Å²) in [5.41, 5.74) is 3.01. The second-order valence-corrected chi connectivity index (χ2v) is 6.10. The molecule has 1 N–H and O–H groups in total. The molecule has 0 radical (unpaired) electrons. The van der Waals surface area contributed by atoms with Crippen molar-refractivity contribution >= 4 is 38.6 Å². The van der Waals surface area contributed by atoms with E-state index < -0.39 is 5.76 Å². The van der Waals surface area contributed by atoms with Crippen molar-refractivity contribution in [3.05, 3.63) is 63.1 Å². The zero-order valence-corrected chi connectivity index (χ0v) is 14.1. The minimum absolute atomic E-state index is 0.149. The van der Waals surface area contributed by atoms with Crippen molar-refractivity contribution in [1.29, 1.82) is 0 Å². The van der Waals surface area contributed by atoms with Gasteiger partial charge in [0.2, 0.25) is 5.91 Å². The Morgan fingerprint density at radius 3 is 2.83 bits per heavy atom. The standard InChI is InChI=1S/C17H15BrN2O3/c1-11-10-12(6-7-13(11)18)19-16(21)8-9-20-14-4-2-3-5-15(14)23-17(20)22/h2-7,10H,8-9H2,1H3,(H,19,21). The molecule has 3 aromatic rings. The Balaban J connectivity index is 1.70. The fourth-order valence-corrected chi connectivity index (χ4v) is 2.63.